The van der Waals surface area contributed by atoms with Crippen molar-refractivity contribution in [3.05, 3.63) is 167 Å². The van der Waals surface area contributed by atoms with Crippen LogP contribution >= 0.6 is 0 Å². The van der Waals surface area contributed by atoms with Crippen LogP contribution in [0.25, 0.3) is 33.1 Å². The first kappa shape index (κ1) is 27.2. The first-order valence-corrected chi connectivity index (χ1v) is 15.8. The number of benzene rings is 4. The maximum atomic E-state index is 4.83. The first-order valence-electron chi connectivity index (χ1n) is 15.8. The molecular formula is C42H39N. The van der Waals surface area contributed by atoms with Crippen LogP contribution in [0.3, 0.4) is 0 Å². The van der Waals surface area contributed by atoms with Crippen molar-refractivity contribution in [1.29, 1.82) is 0 Å². The van der Waals surface area contributed by atoms with Crippen molar-refractivity contribution in [2.45, 2.75) is 51.9 Å². The van der Waals surface area contributed by atoms with Gasteiger partial charge in [-0.2, -0.15) is 0 Å². The molecule has 1 heteroatoms. The number of unbranched alkanes of at least 4 members (excludes halogenated alkanes) is 1. The second-order valence-electron chi connectivity index (χ2n) is 11.8. The first-order chi connectivity index (χ1) is 21.2. The zero-order chi connectivity index (χ0) is 29.6. The van der Waals surface area contributed by atoms with Crippen molar-refractivity contribution >= 4 is 27.4 Å². The highest BCUT2D eigenvalue weighted by molar-refractivity contribution is 6.13. The maximum Gasteiger partial charge on any atom is 0.0717 e. The molecule has 0 N–H and O–H groups in total. The van der Waals surface area contributed by atoms with Gasteiger partial charge in [-0.15, -0.1) is 0 Å². The van der Waals surface area contributed by atoms with Crippen LogP contribution in [0.1, 0.15) is 68.7 Å². The predicted octanol–water partition coefficient (Wildman–Crippen LogP) is 11.4. The third-order valence-electron chi connectivity index (χ3n) is 9.37. The van der Waals surface area contributed by atoms with Crippen LogP contribution in [0, 0.1) is 0 Å². The van der Waals surface area contributed by atoms with Crippen LogP contribution in [-0.2, 0) is 5.41 Å². The van der Waals surface area contributed by atoms with Crippen molar-refractivity contribution in [2.75, 3.05) is 0 Å². The Bertz CT molecular complexity index is 2020. The minimum atomic E-state index is -0.398. The van der Waals surface area contributed by atoms with Crippen LogP contribution in [0.15, 0.2) is 145 Å². The second kappa shape index (κ2) is 10.9. The van der Waals surface area contributed by atoms with Gasteiger partial charge in [0.25, 0.3) is 0 Å². The Kier molecular flexibility index (Phi) is 6.90. The van der Waals surface area contributed by atoms with E-state index in [1.807, 2.05) is 0 Å². The molecule has 2 aliphatic rings. The SMILES string of the molecule is C=C(C1=C(CCC)C2(c3ccccc31)c1ccccc1-n1c3ccccc3c3cccc2c31)C(/C=C\C)=C/C=C\CCC. The fourth-order valence-corrected chi connectivity index (χ4v) is 7.78. The maximum absolute atomic E-state index is 4.83. The molecule has 5 aromatic rings. The molecule has 1 unspecified atom stereocenters. The summed E-state index contributed by atoms with van der Waals surface area (Å²) in [6.45, 7) is 11.5. The number of nitrogens with zero attached hydrogens (tertiary/aromatic N) is 1. The lowest BCUT2D eigenvalue weighted by Crippen LogP contribution is -2.34. The molecule has 0 bridgehead atoms. The van der Waals surface area contributed by atoms with Crippen molar-refractivity contribution < 1.29 is 0 Å². The summed E-state index contributed by atoms with van der Waals surface area (Å²) in [4.78, 5) is 0. The molecular weight excluding hydrogens is 518 g/mol. The largest absolute Gasteiger partial charge is 0.309 e. The van der Waals surface area contributed by atoms with E-state index in [2.05, 4.69) is 147 Å². The monoisotopic (exact) mass is 557 g/mol. The molecule has 1 atom stereocenters. The van der Waals surface area contributed by atoms with E-state index in [9.17, 15) is 0 Å². The molecule has 4 aromatic carbocycles. The topological polar surface area (TPSA) is 4.93 Å². The molecule has 1 aromatic heterocycles. The highest BCUT2D eigenvalue weighted by atomic mass is 15.0. The number of hydrogen-bond donors (Lipinski definition) is 0. The van der Waals surface area contributed by atoms with E-state index in [4.69, 9.17) is 6.58 Å². The number of allylic oxidation sites excluding steroid dienone is 9. The van der Waals surface area contributed by atoms with Gasteiger partial charge in [0.2, 0.25) is 0 Å². The van der Waals surface area contributed by atoms with Gasteiger partial charge in [-0.1, -0.05) is 143 Å². The zero-order valence-corrected chi connectivity index (χ0v) is 25.5. The van der Waals surface area contributed by atoms with Crippen LogP contribution in [0.4, 0.5) is 0 Å². The van der Waals surface area contributed by atoms with Gasteiger partial charge >= 0.3 is 0 Å². The van der Waals surface area contributed by atoms with E-state index < -0.39 is 5.41 Å². The molecule has 1 spiro atoms. The van der Waals surface area contributed by atoms with Gasteiger partial charge in [-0.3, -0.25) is 0 Å². The Balaban J connectivity index is 1.62. The van der Waals surface area contributed by atoms with E-state index in [-0.39, 0.29) is 0 Å². The molecule has 0 fully saturated rings. The lowest BCUT2D eigenvalue weighted by molar-refractivity contribution is 0.677. The van der Waals surface area contributed by atoms with E-state index >= 15 is 0 Å². The molecule has 1 nitrogen and oxygen atoms in total. The summed E-state index contributed by atoms with van der Waals surface area (Å²) in [5.41, 5.74) is 13.9. The molecule has 1 aliphatic heterocycles. The summed E-state index contributed by atoms with van der Waals surface area (Å²) >= 11 is 0. The van der Waals surface area contributed by atoms with Crippen LogP contribution in [0.2, 0.25) is 0 Å². The third kappa shape index (κ3) is 3.84. The van der Waals surface area contributed by atoms with Crippen LogP contribution in [0.5, 0.6) is 0 Å². The molecule has 0 radical (unpaired) electrons. The van der Waals surface area contributed by atoms with E-state index in [1.165, 1.54) is 66.5 Å². The van der Waals surface area contributed by atoms with Gasteiger partial charge < -0.3 is 4.57 Å². The van der Waals surface area contributed by atoms with Crippen molar-refractivity contribution in [2.24, 2.45) is 0 Å². The number of rotatable bonds is 8. The smallest absolute Gasteiger partial charge is 0.0717 e. The molecule has 0 saturated carbocycles. The standard InChI is InChI=1S/C42H39N/c1-5-8-9-10-20-30(18-6-2)29(4)40-33-22-11-13-24-34(33)42(36(40)19-7-3)35-25-14-16-28-39(35)43-38-27-15-12-21-31(38)32-23-17-26-37(42)41(32)43/h6,9-18,20-28H,4-5,7-8,19H2,1-3H3/b10-9-,18-6-,30-20+. The Morgan fingerprint density at radius 2 is 1.51 bits per heavy atom. The zero-order valence-electron chi connectivity index (χ0n) is 25.5. The van der Waals surface area contributed by atoms with Gasteiger partial charge in [-0.05, 0) is 76.4 Å². The molecule has 1 aliphatic carbocycles. The molecule has 212 valence electrons. The Morgan fingerprint density at radius 1 is 0.791 bits per heavy atom. The third-order valence-corrected chi connectivity index (χ3v) is 9.37. The van der Waals surface area contributed by atoms with Crippen LogP contribution in [-0.4, -0.2) is 4.57 Å². The summed E-state index contributed by atoms with van der Waals surface area (Å²) in [5, 5.41) is 2.62. The molecule has 2 heterocycles. The summed E-state index contributed by atoms with van der Waals surface area (Å²) in [7, 11) is 0. The lowest BCUT2D eigenvalue weighted by Gasteiger charge is -2.41. The van der Waals surface area contributed by atoms with Gasteiger partial charge in [0, 0.05) is 10.8 Å². The van der Waals surface area contributed by atoms with Crippen LogP contribution < -0.4 is 0 Å². The highest BCUT2D eigenvalue weighted by Crippen LogP contribution is 2.62. The fraction of sp³-hybridized carbons (Fsp3) is 0.190. The second-order valence-corrected chi connectivity index (χ2v) is 11.8. The summed E-state index contributed by atoms with van der Waals surface area (Å²) in [6, 6.07) is 34.1. The minimum Gasteiger partial charge on any atom is -0.309 e. The van der Waals surface area contributed by atoms with Gasteiger partial charge in [-0.25, -0.2) is 0 Å². The lowest BCUT2D eigenvalue weighted by atomic mass is 9.63. The Morgan fingerprint density at radius 3 is 2.33 bits per heavy atom. The summed E-state index contributed by atoms with van der Waals surface area (Å²) < 4.78 is 2.52. The van der Waals surface area contributed by atoms with Gasteiger partial charge in [0.15, 0.2) is 0 Å². The average Bonchev–Trinajstić information content (AvgIpc) is 3.53. The molecule has 7 rings (SSSR count). The number of hydrogen-bond acceptors (Lipinski definition) is 0. The number of para-hydroxylation sites is 3. The molecule has 43 heavy (non-hydrogen) atoms. The highest BCUT2D eigenvalue weighted by Gasteiger charge is 2.51. The quantitative estimate of drug-likeness (QED) is 0.167. The number of aromatic nitrogens is 1. The van der Waals surface area contributed by atoms with Gasteiger partial charge in [0.05, 0.1) is 22.1 Å². The van der Waals surface area contributed by atoms with E-state index in [0.717, 1.165) is 31.3 Å². The predicted molar refractivity (Wildman–Crippen MR) is 185 cm³/mol. The average molecular weight is 558 g/mol. The van der Waals surface area contributed by atoms with Crippen molar-refractivity contribution in [3.63, 3.8) is 0 Å². The molecule has 0 amide bonds. The molecule has 0 saturated heterocycles. The van der Waals surface area contributed by atoms with Gasteiger partial charge in [0.1, 0.15) is 0 Å². The van der Waals surface area contributed by atoms with E-state index in [1.54, 1.807) is 0 Å². The minimum absolute atomic E-state index is 0.398. The Hall–Kier alpha value is -4.62. The summed E-state index contributed by atoms with van der Waals surface area (Å²) in [6.07, 6.45) is 15.3. The van der Waals surface area contributed by atoms with E-state index in [0.29, 0.717) is 0 Å². The van der Waals surface area contributed by atoms with Crippen molar-refractivity contribution in [3.8, 4) is 5.69 Å². The Labute approximate surface area is 255 Å². The van der Waals surface area contributed by atoms with Crippen molar-refractivity contribution in [1.82, 2.24) is 4.57 Å². The fourth-order valence-electron chi connectivity index (χ4n) is 7.78. The normalized spacial score (nSPS) is 17.6. The number of fused-ring (bicyclic) bond motifs is 9. The summed E-state index contributed by atoms with van der Waals surface area (Å²) in [5.74, 6) is 0.